The molecule has 0 spiro atoms. The van der Waals surface area contributed by atoms with Crippen LogP contribution < -0.4 is 0 Å². The monoisotopic (exact) mass is 96.1 g/mol. The van der Waals surface area contributed by atoms with Crippen LogP contribution in [0.3, 0.4) is 0 Å². The van der Waals surface area contributed by atoms with E-state index in [2.05, 4.69) is 0 Å². The largest absolute Gasteiger partial charge is 0.479 e. The summed E-state index contributed by atoms with van der Waals surface area (Å²) in [5.41, 5.74) is 0. The zero-order valence-corrected chi connectivity index (χ0v) is 2.88. The lowest BCUT2D eigenvalue weighted by molar-refractivity contribution is -0.145. The highest BCUT2D eigenvalue weighted by atomic mass is 16.5. The van der Waals surface area contributed by atoms with Gasteiger partial charge in [-0.3, -0.25) is 0 Å². The van der Waals surface area contributed by atoms with Crippen molar-refractivity contribution in [3.63, 3.8) is 0 Å². The van der Waals surface area contributed by atoms with Crippen LogP contribution in [0.4, 0.5) is 0 Å². The maximum absolute atomic E-state index is 9.74. The quantitative estimate of drug-likeness (QED) is 0.431. The van der Waals surface area contributed by atoms with Gasteiger partial charge in [0.05, 0.1) is 0 Å². The molecular weight excluding hydrogens is 87.0 g/mol. The Bertz CT molecular complexity index is 118. The highest BCUT2D eigenvalue weighted by Crippen LogP contribution is 1.73. The molecule has 0 amide bonds. The van der Waals surface area contributed by atoms with E-state index in [1.165, 1.54) is 0 Å². The summed E-state index contributed by atoms with van der Waals surface area (Å²) in [6.45, 7) is -2.81. The van der Waals surface area contributed by atoms with E-state index >= 15 is 0 Å². The summed E-state index contributed by atoms with van der Waals surface area (Å²) in [7, 11) is 0. The van der Waals surface area contributed by atoms with Gasteiger partial charge >= 0.3 is 5.97 Å². The second-order valence-corrected chi connectivity index (χ2v) is 0.741. The molecule has 0 aromatic heterocycles. The standard InChI is InChI=1S/C3H6O3/c1-2(4)3(5)6/h2,4H,1H3,(H,5,6)/i1+1D3,2+1,3+1. The molecule has 2 N–H and O–H groups in total. The first-order chi connectivity index (χ1) is 3.85. The lowest BCUT2D eigenvalue weighted by Gasteiger charge is -1.89. The van der Waals surface area contributed by atoms with Crippen molar-refractivity contribution in [2.24, 2.45) is 0 Å². The van der Waals surface area contributed by atoms with Crippen molar-refractivity contribution in [1.82, 2.24) is 0 Å². The Hall–Kier alpha value is -0.570. The van der Waals surface area contributed by atoms with Crippen molar-refractivity contribution in [1.29, 1.82) is 0 Å². The first-order valence-corrected chi connectivity index (χ1v) is 1.26. The lowest BCUT2D eigenvalue weighted by Crippen LogP contribution is -2.13. The van der Waals surface area contributed by atoms with Gasteiger partial charge in [-0.05, 0) is 6.85 Å². The first kappa shape index (κ1) is 1.93. The van der Waals surface area contributed by atoms with Gasteiger partial charge in [0, 0.05) is 4.11 Å². The fourth-order valence-electron chi connectivity index (χ4n) is 0. The Kier molecular flexibility index (Phi) is 0.569. The van der Waals surface area contributed by atoms with Gasteiger partial charge in [-0.1, -0.05) is 0 Å². The van der Waals surface area contributed by atoms with E-state index in [0.717, 1.165) is 0 Å². The molecule has 0 aliphatic heterocycles. The van der Waals surface area contributed by atoms with E-state index in [-0.39, 0.29) is 0 Å². The minimum Gasteiger partial charge on any atom is -0.479 e. The van der Waals surface area contributed by atoms with Crippen LogP contribution in [0.15, 0.2) is 0 Å². The summed E-state index contributed by atoms with van der Waals surface area (Å²) >= 11 is 0. The minimum atomic E-state index is -2.81. The van der Waals surface area contributed by atoms with Gasteiger partial charge in [0.2, 0.25) is 0 Å². The van der Waals surface area contributed by atoms with Crippen molar-refractivity contribution >= 4 is 5.97 Å². The molecule has 0 saturated heterocycles. The van der Waals surface area contributed by atoms with Crippen LogP contribution in [0.1, 0.15) is 11.0 Å². The Balaban J connectivity index is 4.04. The zero-order valence-electron chi connectivity index (χ0n) is 5.88. The number of aliphatic carboxylic acids is 1. The first-order valence-electron chi connectivity index (χ1n) is 2.76. The van der Waals surface area contributed by atoms with Gasteiger partial charge in [-0.15, -0.1) is 0 Å². The molecule has 0 fully saturated rings. The van der Waals surface area contributed by atoms with Gasteiger partial charge in [0.1, 0.15) is 6.10 Å². The average Bonchev–Trinajstić information content (AvgIpc) is 1.62. The van der Waals surface area contributed by atoms with Crippen LogP contribution in [0.2, 0.25) is 0 Å². The fourth-order valence-corrected chi connectivity index (χ4v) is 0. The molecule has 0 aromatic carbocycles. The topological polar surface area (TPSA) is 57.5 Å². The second kappa shape index (κ2) is 1.77. The van der Waals surface area contributed by atoms with Crippen molar-refractivity contribution < 1.29 is 19.1 Å². The maximum atomic E-state index is 9.74. The molecule has 1 unspecified atom stereocenters. The minimum absolute atomic E-state index is 1.73. The highest BCUT2D eigenvalue weighted by Gasteiger charge is 2.01. The van der Waals surface area contributed by atoms with Gasteiger partial charge < -0.3 is 10.2 Å². The number of carboxylic acids is 1. The Morgan fingerprint density at radius 2 is 2.67 bits per heavy atom. The molecule has 36 valence electrons. The number of hydrogen-bond donors (Lipinski definition) is 2. The zero-order chi connectivity index (χ0) is 7.65. The van der Waals surface area contributed by atoms with Crippen molar-refractivity contribution in [2.45, 2.75) is 13.0 Å². The molecular formula is C3H6O3. The predicted octanol–water partition coefficient (Wildman–Crippen LogP) is -0.548. The smallest absolute Gasteiger partial charge is 0.332 e. The van der Waals surface area contributed by atoms with E-state index in [4.69, 9.17) is 14.3 Å². The molecule has 0 bridgehead atoms. The normalized spacial score (nSPS) is 23.2. The Morgan fingerprint density at radius 3 is 2.67 bits per heavy atom. The summed E-state index contributed by atoms with van der Waals surface area (Å²) in [5.74, 6) is -1.73. The second-order valence-electron chi connectivity index (χ2n) is 0.741. The van der Waals surface area contributed by atoms with Crippen LogP contribution in [0, 0.1) is 0 Å². The van der Waals surface area contributed by atoms with Crippen molar-refractivity contribution in [3.8, 4) is 0 Å². The van der Waals surface area contributed by atoms with Crippen molar-refractivity contribution in [3.05, 3.63) is 0 Å². The number of carbonyl (C=O) groups is 1. The molecule has 0 aliphatic rings. The predicted molar refractivity (Wildman–Crippen MR) is 19.3 cm³/mol. The van der Waals surface area contributed by atoms with Gasteiger partial charge in [-0.25, -0.2) is 4.79 Å². The van der Waals surface area contributed by atoms with Crippen molar-refractivity contribution in [2.75, 3.05) is 0 Å². The molecule has 0 aliphatic carbocycles. The SMILES string of the molecule is [2H][13C]([2H])([2H])[13CH](O)[13C](=O)O. The van der Waals surface area contributed by atoms with E-state index in [1.54, 1.807) is 0 Å². The van der Waals surface area contributed by atoms with E-state index in [0.29, 0.717) is 0 Å². The molecule has 0 radical (unpaired) electrons. The maximum Gasteiger partial charge on any atom is 0.332 e. The third-order valence-corrected chi connectivity index (χ3v) is 0.234. The van der Waals surface area contributed by atoms with Crippen LogP contribution in [0.5, 0.6) is 0 Å². The Morgan fingerprint density at radius 1 is 2.17 bits per heavy atom. The van der Waals surface area contributed by atoms with Gasteiger partial charge in [-0.2, -0.15) is 0 Å². The highest BCUT2D eigenvalue weighted by molar-refractivity contribution is 5.71. The number of aliphatic hydroxyl groups excluding tert-OH is 1. The molecule has 0 aromatic rings. The third kappa shape index (κ3) is 1.72. The number of rotatable bonds is 1. The molecule has 1 atom stereocenters. The van der Waals surface area contributed by atoms with Crippen LogP contribution in [-0.2, 0) is 4.79 Å². The summed E-state index contributed by atoms with van der Waals surface area (Å²) in [6.07, 6.45) is -2.27. The number of hydrogen-bond acceptors (Lipinski definition) is 2. The lowest BCUT2D eigenvalue weighted by atomic mass is 11.4. The summed E-state index contributed by atoms with van der Waals surface area (Å²) in [5, 5.41) is 16.2. The molecule has 3 nitrogen and oxygen atoms in total. The van der Waals surface area contributed by atoms with Gasteiger partial charge in [0.25, 0.3) is 0 Å². The average molecular weight is 96.1 g/mol. The number of carboxylic acid groups (broad SMARTS) is 1. The number of aliphatic hydroxyl groups is 1. The molecule has 3 heteroatoms. The van der Waals surface area contributed by atoms with E-state index in [1.807, 2.05) is 0 Å². The molecule has 0 saturated carbocycles. The summed E-state index contributed by atoms with van der Waals surface area (Å²) < 4.78 is 19.1. The van der Waals surface area contributed by atoms with Crippen LogP contribution in [-0.4, -0.2) is 22.3 Å². The summed E-state index contributed by atoms with van der Waals surface area (Å²) in [6, 6.07) is 0. The molecule has 0 heterocycles. The Labute approximate surface area is 39.4 Å². The van der Waals surface area contributed by atoms with Gasteiger partial charge in [0.15, 0.2) is 0 Å². The van der Waals surface area contributed by atoms with Crippen LogP contribution >= 0.6 is 0 Å². The molecule has 6 heavy (non-hydrogen) atoms. The van der Waals surface area contributed by atoms with E-state index in [9.17, 15) is 4.79 Å². The molecule has 0 rings (SSSR count). The third-order valence-electron chi connectivity index (χ3n) is 0.234. The summed E-state index contributed by atoms with van der Waals surface area (Å²) in [4.78, 5) is 9.74. The van der Waals surface area contributed by atoms with Crippen LogP contribution in [0.25, 0.3) is 0 Å². The fraction of sp³-hybridized carbons (Fsp3) is 0.667. The van der Waals surface area contributed by atoms with E-state index < -0.39 is 18.9 Å².